The van der Waals surface area contributed by atoms with E-state index in [4.69, 9.17) is 17.3 Å². The van der Waals surface area contributed by atoms with Crippen molar-refractivity contribution in [3.05, 3.63) is 45.1 Å². The highest BCUT2D eigenvalue weighted by Gasteiger charge is 2.27. The number of fused-ring (bicyclic) bond motifs is 1. The number of thiophene rings is 1. The number of nitrogens with one attached hydrogen (secondary N) is 1. The molecule has 3 N–H and O–H groups in total. The van der Waals surface area contributed by atoms with Gasteiger partial charge in [-0.25, -0.2) is 13.1 Å². The summed E-state index contributed by atoms with van der Waals surface area (Å²) >= 11 is 7.69. The Balaban J connectivity index is 1.91. The maximum atomic E-state index is 12.5. The second-order valence-corrected chi connectivity index (χ2v) is 8.15. The summed E-state index contributed by atoms with van der Waals surface area (Å²) in [4.78, 5) is 1.33. The number of nitrogens with two attached hydrogens (primary N) is 1. The third-order valence-corrected chi connectivity index (χ3v) is 6.55. The molecule has 1 aliphatic carbocycles. The van der Waals surface area contributed by atoms with Crippen molar-refractivity contribution in [3.63, 3.8) is 0 Å². The Morgan fingerprint density at radius 2 is 2.14 bits per heavy atom. The molecule has 0 amide bonds. The van der Waals surface area contributed by atoms with Crippen molar-refractivity contribution in [2.75, 3.05) is 5.73 Å². The van der Waals surface area contributed by atoms with Gasteiger partial charge < -0.3 is 5.73 Å². The molecule has 0 bridgehead atoms. The molecule has 0 radical (unpaired) electrons. The Hall–Kier alpha value is -1.08. The molecule has 7 heteroatoms. The number of benzene rings is 1. The normalized spacial score (nSPS) is 18.4. The zero-order chi connectivity index (χ0) is 15.0. The Morgan fingerprint density at radius 1 is 1.33 bits per heavy atom. The molecule has 0 saturated carbocycles. The van der Waals surface area contributed by atoms with E-state index in [1.54, 1.807) is 11.3 Å². The van der Waals surface area contributed by atoms with Gasteiger partial charge in [0.05, 0.1) is 5.02 Å². The van der Waals surface area contributed by atoms with Crippen LogP contribution in [-0.2, 0) is 16.4 Å². The molecule has 1 aromatic carbocycles. The molecule has 0 fully saturated rings. The van der Waals surface area contributed by atoms with Gasteiger partial charge in [-0.15, -0.1) is 11.3 Å². The highest BCUT2D eigenvalue weighted by atomic mass is 35.5. The van der Waals surface area contributed by atoms with Crippen molar-refractivity contribution in [1.29, 1.82) is 0 Å². The third kappa shape index (κ3) is 2.94. The summed E-state index contributed by atoms with van der Waals surface area (Å²) in [6, 6.07) is 6.25. The van der Waals surface area contributed by atoms with Crippen LogP contribution in [0.3, 0.4) is 0 Å². The molecule has 112 valence electrons. The Labute approximate surface area is 133 Å². The standard InChI is InChI=1S/C14H15ClN2O2S2/c15-11-8-9(16)4-5-14(11)21(18,19)17-12-2-1-3-13-10(12)6-7-20-13/h4-8,12,17H,1-3,16H2. The van der Waals surface area contributed by atoms with Crippen LogP contribution < -0.4 is 10.5 Å². The highest BCUT2D eigenvalue weighted by molar-refractivity contribution is 7.89. The Bertz CT molecular complexity index is 771. The van der Waals surface area contributed by atoms with Crippen LogP contribution in [0.15, 0.2) is 34.5 Å². The molecule has 1 aromatic heterocycles. The van der Waals surface area contributed by atoms with Gasteiger partial charge in [-0.3, -0.25) is 0 Å². The molecule has 1 aliphatic rings. The van der Waals surface area contributed by atoms with E-state index in [1.165, 1.54) is 23.1 Å². The number of hydrogen-bond acceptors (Lipinski definition) is 4. The lowest BCUT2D eigenvalue weighted by atomic mass is 9.95. The van der Waals surface area contributed by atoms with Crippen molar-refractivity contribution in [3.8, 4) is 0 Å². The number of rotatable bonds is 3. The van der Waals surface area contributed by atoms with Gasteiger partial charge in [-0.2, -0.15) is 0 Å². The molecular formula is C14H15ClN2O2S2. The monoisotopic (exact) mass is 342 g/mol. The largest absolute Gasteiger partial charge is 0.399 e. The maximum absolute atomic E-state index is 12.5. The average Bonchev–Trinajstić information content (AvgIpc) is 2.87. The number of sulfonamides is 1. The van der Waals surface area contributed by atoms with E-state index < -0.39 is 10.0 Å². The van der Waals surface area contributed by atoms with Crippen molar-refractivity contribution in [2.45, 2.75) is 30.2 Å². The topological polar surface area (TPSA) is 72.2 Å². The van der Waals surface area contributed by atoms with Gasteiger partial charge >= 0.3 is 0 Å². The van der Waals surface area contributed by atoms with Gasteiger partial charge in [0.2, 0.25) is 10.0 Å². The summed E-state index contributed by atoms with van der Waals surface area (Å²) in [5.41, 5.74) is 7.13. The Kier molecular flexibility index (Phi) is 3.96. The first kappa shape index (κ1) is 14.8. The Morgan fingerprint density at radius 3 is 2.90 bits per heavy atom. The van der Waals surface area contributed by atoms with E-state index >= 15 is 0 Å². The summed E-state index contributed by atoms with van der Waals surface area (Å²) in [6.45, 7) is 0. The first-order valence-electron chi connectivity index (χ1n) is 6.61. The van der Waals surface area contributed by atoms with Gasteiger partial charge in [0.1, 0.15) is 4.90 Å². The van der Waals surface area contributed by atoms with Crippen LogP contribution in [0.4, 0.5) is 5.69 Å². The highest BCUT2D eigenvalue weighted by Crippen LogP contribution is 2.35. The van der Waals surface area contributed by atoms with Crippen LogP contribution in [0.2, 0.25) is 5.02 Å². The van der Waals surface area contributed by atoms with Crippen LogP contribution in [0.1, 0.15) is 29.3 Å². The molecule has 4 nitrogen and oxygen atoms in total. The molecule has 1 atom stereocenters. The smallest absolute Gasteiger partial charge is 0.242 e. The SMILES string of the molecule is Nc1ccc(S(=O)(=O)NC2CCCc3sccc32)c(Cl)c1. The summed E-state index contributed by atoms with van der Waals surface area (Å²) < 4.78 is 27.8. The van der Waals surface area contributed by atoms with E-state index in [2.05, 4.69) is 4.72 Å². The van der Waals surface area contributed by atoms with Crippen LogP contribution in [0, 0.1) is 0 Å². The van der Waals surface area contributed by atoms with Gasteiger partial charge in [0.15, 0.2) is 0 Å². The average molecular weight is 343 g/mol. The van der Waals surface area contributed by atoms with Crippen LogP contribution in [0.25, 0.3) is 0 Å². The van der Waals surface area contributed by atoms with Gasteiger partial charge in [-0.1, -0.05) is 11.6 Å². The number of hydrogen-bond donors (Lipinski definition) is 2. The maximum Gasteiger partial charge on any atom is 0.242 e. The summed E-state index contributed by atoms with van der Waals surface area (Å²) in [7, 11) is -3.66. The molecule has 0 aliphatic heterocycles. The predicted octanol–water partition coefficient (Wildman–Crippen LogP) is 3.34. The lowest BCUT2D eigenvalue weighted by Crippen LogP contribution is -2.30. The number of anilines is 1. The number of halogens is 1. The summed E-state index contributed by atoms with van der Waals surface area (Å²) in [5.74, 6) is 0. The molecule has 0 spiro atoms. The fraction of sp³-hybridized carbons (Fsp3) is 0.286. The minimum Gasteiger partial charge on any atom is -0.399 e. The molecule has 0 saturated heterocycles. The lowest BCUT2D eigenvalue weighted by Gasteiger charge is -2.23. The molecule has 1 heterocycles. The van der Waals surface area contributed by atoms with Crippen molar-refractivity contribution >= 4 is 38.6 Å². The second-order valence-electron chi connectivity index (χ2n) is 5.06. The van der Waals surface area contributed by atoms with Crippen LogP contribution in [-0.4, -0.2) is 8.42 Å². The van der Waals surface area contributed by atoms with Crippen molar-refractivity contribution < 1.29 is 8.42 Å². The van der Waals surface area contributed by atoms with Gasteiger partial charge in [-0.05, 0) is 54.5 Å². The van der Waals surface area contributed by atoms with Crippen LogP contribution in [0.5, 0.6) is 0 Å². The zero-order valence-electron chi connectivity index (χ0n) is 11.2. The number of aryl methyl sites for hydroxylation is 1. The second kappa shape index (κ2) is 5.61. The van der Waals surface area contributed by atoms with Gasteiger partial charge in [0, 0.05) is 16.6 Å². The molecule has 3 rings (SSSR count). The fourth-order valence-corrected chi connectivity index (χ4v) is 5.39. The number of nitrogen functional groups attached to an aromatic ring is 1. The zero-order valence-corrected chi connectivity index (χ0v) is 13.6. The van der Waals surface area contributed by atoms with E-state index in [9.17, 15) is 8.42 Å². The molecule has 21 heavy (non-hydrogen) atoms. The van der Waals surface area contributed by atoms with E-state index in [0.717, 1.165) is 24.8 Å². The van der Waals surface area contributed by atoms with Gasteiger partial charge in [0.25, 0.3) is 0 Å². The van der Waals surface area contributed by atoms with Crippen molar-refractivity contribution in [1.82, 2.24) is 4.72 Å². The quantitative estimate of drug-likeness (QED) is 0.840. The third-order valence-electron chi connectivity index (χ3n) is 3.59. The summed E-state index contributed by atoms with van der Waals surface area (Å²) in [6.07, 6.45) is 2.81. The lowest BCUT2D eigenvalue weighted by molar-refractivity contribution is 0.511. The molecular weight excluding hydrogens is 328 g/mol. The molecule has 2 aromatic rings. The molecule has 1 unspecified atom stereocenters. The first-order valence-corrected chi connectivity index (χ1v) is 9.35. The minimum absolute atomic E-state index is 0.0701. The van der Waals surface area contributed by atoms with Crippen molar-refractivity contribution in [2.24, 2.45) is 0 Å². The van der Waals surface area contributed by atoms with E-state index in [1.807, 2.05) is 11.4 Å². The fourth-order valence-electron chi connectivity index (χ4n) is 2.59. The van der Waals surface area contributed by atoms with E-state index in [0.29, 0.717) is 5.69 Å². The first-order chi connectivity index (χ1) is 9.97. The van der Waals surface area contributed by atoms with E-state index in [-0.39, 0.29) is 16.0 Å². The summed E-state index contributed by atoms with van der Waals surface area (Å²) in [5, 5.41) is 2.15. The predicted molar refractivity (Wildman–Crippen MR) is 86.2 cm³/mol. The minimum atomic E-state index is -3.66. The van der Waals surface area contributed by atoms with Crippen LogP contribution >= 0.6 is 22.9 Å².